The van der Waals surface area contributed by atoms with Crippen molar-refractivity contribution >= 4 is 5.69 Å². The van der Waals surface area contributed by atoms with Gasteiger partial charge < -0.3 is 10.5 Å². The molecule has 1 unspecified atom stereocenters. The van der Waals surface area contributed by atoms with Crippen molar-refractivity contribution in [2.24, 2.45) is 0 Å². The number of benzene rings is 1. The van der Waals surface area contributed by atoms with Gasteiger partial charge >= 0.3 is 0 Å². The standard InChI is InChI=1S/C14H22N2O/c1-16(11-14-4-2-3-9-17-14)10-12-5-7-13(15)8-6-12/h5-8,14H,2-4,9-11,15H2,1H3. The van der Waals surface area contributed by atoms with Gasteiger partial charge in [-0.1, -0.05) is 12.1 Å². The molecule has 0 saturated carbocycles. The molecule has 1 aliphatic rings. The van der Waals surface area contributed by atoms with Gasteiger partial charge in [-0.3, -0.25) is 4.90 Å². The zero-order valence-corrected chi connectivity index (χ0v) is 10.6. The first-order valence-corrected chi connectivity index (χ1v) is 6.38. The van der Waals surface area contributed by atoms with Crippen LogP contribution < -0.4 is 5.73 Å². The van der Waals surface area contributed by atoms with Crippen molar-refractivity contribution in [2.75, 3.05) is 25.9 Å². The van der Waals surface area contributed by atoms with Gasteiger partial charge in [0.15, 0.2) is 0 Å². The van der Waals surface area contributed by atoms with Gasteiger partial charge in [0.1, 0.15) is 0 Å². The Kier molecular flexibility index (Phi) is 4.40. The minimum atomic E-state index is 0.419. The molecular weight excluding hydrogens is 212 g/mol. The quantitative estimate of drug-likeness (QED) is 0.812. The van der Waals surface area contributed by atoms with Crippen molar-refractivity contribution in [2.45, 2.75) is 31.9 Å². The summed E-state index contributed by atoms with van der Waals surface area (Å²) in [5.41, 5.74) is 7.80. The number of nitrogens with zero attached hydrogens (tertiary/aromatic N) is 1. The summed E-state index contributed by atoms with van der Waals surface area (Å²) in [7, 11) is 2.15. The van der Waals surface area contributed by atoms with Crippen molar-refractivity contribution in [1.29, 1.82) is 0 Å². The Balaban J connectivity index is 1.79. The maximum absolute atomic E-state index is 5.74. The topological polar surface area (TPSA) is 38.5 Å². The first-order valence-electron chi connectivity index (χ1n) is 6.38. The molecule has 0 radical (unpaired) electrons. The van der Waals surface area contributed by atoms with E-state index in [1.54, 1.807) is 0 Å². The molecule has 1 atom stereocenters. The molecule has 0 aliphatic carbocycles. The lowest BCUT2D eigenvalue weighted by Crippen LogP contribution is -2.33. The third-order valence-corrected chi connectivity index (χ3v) is 3.22. The molecule has 3 nitrogen and oxygen atoms in total. The van der Waals surface area contributed by atoms with Crippen molar-refractivity contribution in [3.63, 3.8) is 0 Å². The molecule has 3 heteroatoms. The number of rotatable bonds is 4. The Hall–Kier alpha value is -1.06. The molecule has 1 heterocycles. The Morgan fingerprint density at radius 3 is 2.71 bits per heavy atom. The normalized spacial score (nSPS) is 20.7. The van der Waals surface area contributed by atoms with Crippen LogP contribution >= 0.6 is 0 Å². The fourth-order valence-electron chi connectivity index (χ4n) is 2.30. The van der Waals surface area contributed by atoms with Crippen LogP contribution in [0.25, 0.3) is 0 Å². The van der Waals surface area contributed by atoms with E-state index in [1.807, 2.05) is 12.1 Å². The predicted molar refractivity (Wildman–Crippen MR) is 70.8 cm³/mol. The summed E-state index contributed by atoms with van der Waals surface area (Å²) < 4.78 is 5.74. The maximum atomic E-state index is 5.74. The lowest BCUT2D eigenvalue weighted by Gasteiger charge is -2.27. The fourth-order valence-corrected chi connectivity index (χ4v) is 2.30. The highest BCUT2D eigenvalue weighted by Gasteiger charge is 2.15. The Labute approximate surface area is 104 Å². The van der Waals surface area contributed by atoms with Crippen molar-refractivity contribution in [3.8, 4) is 0 Å². The average molecular weight is 234 g/mol. The summed E-state index contributed by atoms with van der Waals surface area (Å²) in [4.78, 5) is 2.32. The van der Waals surface area contributed by atoms with Gasteiger partial charge in [-0.25, -0.2) is 0 Å². The fraction of sp³-hybridized carbons (Fsp3) is 0.571. The highest BCUT2D eigenvalue weighted by Crippen LogP contribution is 2.14. The number of nitrogens with two attached hydrogens (primary N) is 1. The second-order valence-corrected chi connectivity index (χ2v) is 4.93. The summed E-state index contributed by atoms with van der Waals surface area (Å²) in [5.74, 6) is 0. The van der Waals surface area contributed by atoms with Crippen molar-refractivity contribution < 1.29 is 4.74 Å². The minimum Gasteiger partial charge on any atom is -0.399 e. The lowest BCUT2D eigenvalue weighted by molar-refractivity contribution is -0.00259. The Morgan fingerprint density at radius 1 is 1.29 bits per heavy atom. The molecule has 17 heavy (non-hydrogen) atoms. The van der Waals surface area contributed by atoms with Crippen molar-refractivity contribution in [3.05, 3.63) is 29.8 Å². The van der Waals surface area contributed by atoms with Crippen LogP contribution in [0.3, 0.4) is 0 Å². The summed E-state index contributed by atoms with van der Waals surface area (Å²) in [6.07, 6.45) is 4.15. The number of likely N-dealkylation sites (N-methyl/N-ethyl adjacent to an activating group) is 1. The van der Waals surface area contributed by atoms with E-state index in [1.165, 1.54) is 24.8 Å². The zero-order valence-electron chi connectivity index (χ0n) is 10.6. The number of hydrogen-bond acceptors (Lipinski definition) is 3. The Morgan fingerprint density at radius 2 is 2.06 bits per heavy atom. The van der Waals surface area contributed by atoms with E-state index in [0.29, 0.717) is 6.10 Å². The molecule has 2 rings (SSSR count). The highest BCUT2D eigenvalue weighted by molar-refractivity contribution is 5.39. The summed E-state index contributed by atoms with van der Waals surface area (Å²) in [6, 6.07) is 8.10. The molecule has 1 fully saturated rings. The van der Waals surface area contributed by atoms with Crippen LogP contribution in [0.4, 0.5) is 5.69 Å². The van der Waals surface area contributed by atoms with Crippen LogP contribution in [0.2, 0.25) is 0 Å². The molecule has 94 valence electrons. The van der Waals surface area contributed by atoms with E-state index in [9.17, 15) is 0 Å². The molecule has 2 N–H and O–H groups in total. The summed E-state index contributed by atoms with van der Waals surface area (Å²) >= 11 is 0. The van der Waals surface area contributed by atoms with Gasteiger partial charge in [0.25, 0.3) is 0 Å². The minimum absolute atomic E-state index is 0.419. The second-order valence-electron chi connectivity index (χ2n) is 4.93. The molecule has 0 bridgehead atoms. The molecule has 1 aliphatic heterocycles. The first-order chi connectivity index (χ1) is 8.24. The van der Waals surface area contributed by atoms with Gasteiger partial charge in [-0.2, -0.15) is 0 Å². The smallest absolute Gasteiger partial charge is 0.0702 e. The third kappa shape index (κ3) is 4.02. The largest absolute Gasteiger partial charge is 0.399 e. The molecule has 0 amide bonds. The Bertz CT molecular complexity index is 331. The van der Waals surface area contributed by atoms with Crippen LogP contribution in [-0.2, 0) is 11.3 Å². The van der Waals surface area contributed by atoms with E-state index in [2.05, 4.69) is 24.1 Å². The van der Waals surface area contributed by atoms with E-state index >= 15 is 0 Å². The molecular formula is C14H22N2O. The molecule has 0 spiro atoms. The molecule has 0 aromatic heterocycles. The first kappa shape index (κ1) is 12.4. The van der Waals surface area contributed by atoms with Gasteiger partial charge in [0.2, 0.25) is 0 Å². The zero-order chi connectivity index (χ0) is 12.1. The van der Waals surface area contributed by atoms with E-state index in [4.69, 9.17) is 10.5 Å². The number of hydrogen-bond donors (Lipinski definition) is 1. The van der Waals surface area contributed by atoms with Crippen LogP contribution in [-0.4, -0.2) is 31.2 Å². The maximum Gasteiger partial charge on any atom is 0.0702 e. The van der Waals surface area contributed by atoms with Gasteiger partial charge in [0.05, 0.1) is 6.10 Å². The van der Waals surface area contributed by atoms with Gasteiger partial charge in [-0.05, 0) is 44.0 Å². The molecule has 1 aromatic rings. The second kappa shape index (κ2) is 6.03. The predicted octanol–water partition coefficient (Wildman–Crippen LogP) is 2.27. The SMILES string of the molecule is CN(Cc1ccc(N)cc1)CC1CCCCO1. The van der Waals surface area contributed by atoms with Gasteiger partial charge in [-0.15, -0.1) is 0 Å². The average Bonchev–Trinajstić information content (AvgIpc) is 2.33. The van der Waals surface area contributed by atoms with Crippen LogP contribution in [0.15, 0.2) is 24.3 Å². The van der Waals surface area contributed by atoms with Crippen LogP contribution in [0, 0.1) is 0 Å². The van der Waals surface area contributed by atoms with E-state index in [-0.39, 0.29) is 0 Å². The number of ether oxygens (including phenoxy) is 1. The lowest BCUT2D eigenvalue weighted by atomic mass is 10.1. The van der Waals surface area contributed by atoms with Gasteiger partial charge in [0, 0.05) is 25.4 Å². The third-order valence-electron chi connectivity index (χ3n) is 3.22. The number of nitrogen functional groups attached to an aromatic ring is 1. The molecule has 1 saturated heterocycles. The van der Waals surface area contributed by atoms with E-state index < -0.39 is 0 Å². The van der Waals surface area contributed by atoms with Crippen molar-refractivity contribution in [1.82, 2.24) is 4.90 Å². The number of anilines is 1. The summed E-state index contributed by atoms with van der Waals surface area (Å²) in [6.45, 7) is 2.91. The van der Waals surface area contributed by atoms with E-state index in [0.717, 1.165) is 25.4 Å². The monoisotopic (exact) mass is 234 g/mol. The van der Waals surface area contributed by atoms with Crippen LogP contribution in [0.1, 0.15) is 24.8 Å². The molecule has 1 aromatic carbocycles. The van der Waals surface area contributed by atoms with Crippen LogP contribution in [0.5, 0.6) is 0 Å². The highest BCUT2D eigenvalue weighted by atomic mass is 16.5. The summed E-state index contributed by atoms with van der Waals surface area (Å²) in [5, 5.41) is 0.